The molecular weight excluding hydrogens is 262 g/mol. The first-order valence-electron chi connectivity index (χ1n) is 6.41. The predicted molar refractivity (Wildman–Crippen MR) is 71.7 cm³/mol. The van der Waals surface area contributed by atoms with Gasteiger partial charge in [0.05, 0.1) is 17.7 Å². The zero-order valence-electron chi connectivity index (χ0n) is 11.7. The molecule has 0 saturated heterocycles. The zero-order valence-corrected chi connectivity index (χ0v) is 11.7. The van der Waals surface area contributed by atoms with Crippen LogP contribution in [0.25, 0.3) is 0 Å². The fourth-order valence-corrected chi connectivity index (χ4v) is 1.89. The van der Waals surface area contributed by atoms with Gasteiger partial charge in [0.2, 0.25) is 0 Å². The summed E-state index contributed by atoms with van der Waals surface area (Å²) in [6, 6.07) is 3.91. The lowest BCUT2D eigenvalue weighted by molar-refractivity contribution is 0.0987. The van der Waals surface area contributed by atoms with Crippen molar-refractivity contribution in [3.05, 3.63) is 52.9 Å². The maximum Gasteiger partial charge on any atom is 0.171 e. The van der Waals surface area contributed by atoms with Crippen molar-refractivity contribution in [2.75, 3.05) is 0 Å². The first-order valence-corrected chi connectivity index (χ1v) is 6.41. The second-order valence-electron chi connectivity index (χ2n) is 5.06. The van der Waals surface area contributed by atoms with Crippen LogP contribution in [0.5, 0.6) is 0 Å². The molecule has 1 aromatic carbocycles. The number of carbonyl (C=O) groups is 1. The van der Waals surface area contributed by atoms with Gasteiger partial charge in [-0.05, 0) is 38.5 Å². The van der Waals surface area contributed by atoms with Crippen LogP contribution in [0, 0.1) is 18.6 Å². The summed E-state index contributed by atoms with van der Waals surface area (Å²) in [5.74, 6) is -1.89. The Bertz CT molecular complexity index is 647. The van der Waals surface area contributed by atoms with E-state index in [0.717, 1.165) is 6.07 Å². The van der Waals surface area contributed by atoms with Gasteiger partial charge in [-0.25, -0.2) is 8.78 Å². The SMILES string of the molecule is Cc1cc(C(=O)Cc2ccn(C(C)C)n2)c(F)cc1F. The third-order valence-electron chi connectivity index (χ3n) is 3.08. The van der Waals surface area contributed by atoms with Gasteiger partial charge in [0.25, 0.3) is 0 Å². The van der Waals surface area contributed by atoms with Crippen molar-refractivity contribution in [1.82, 2.24) is 9.78 Å². The summed E-state index contributed by atoms with van der Waals surface area (Å²) in [6.45, 7) is 5.45. The van der Waals surface area contributed by atoms with E-state index in [0.29, 0.717) is 5.69 Å². The van der Waals surface area contributed by atoms with E-state index < -0.39 is 17.4 Å². The Morgan fingerprint density at radius 2 is 2.00 bits per heavy atom. The third-order valence-corrected chi connectivity index (χ3v) is 3.08. The molecule has 20 heavy (non-hydrogen) atoms. The molecule has 0 aliphatic rings. The highest BCUT2D eigenvalue weighted by Crippen LogP contribution is 2.16. The van der Waals surface area contributed by atoms with Gasteiger partial charge in [-0.15, -0.1) is 0 Å². The quantitative estimate of drug-likeness (QED) is 0.803. The van der Waals surface area contributed by atoms with E-state index in [4.69, 9.17) is 0 Å². The minimum Gasteiger partial charge on any atom is -0.294 e. The Kier molecular flexibility index (Phi) is 3.97. The number of aryl methyl sites for hydroxylation is 1. The Balaban J connectivity index is 2.21. The van der Waals surface area contributed by atoms with E-state index in [2.05, 4.69) is 5.10 Å². The molecule has 0 radical (unpaired) electrons. The molecule has 0 atom stereocenters. The maximum atomic E-state index is 13.6. The highest BCUT2D eigenvalue weighted by molar-refractivity contribution is 5.97. The van der Waals surface area contributed by atoms with E-state index >= 15 is 0 Å². The molecule has 1 aromatic heterocycles. The molecule has 0 fully saturated rings. The van der Waals surface area contributed by atoms with Crippen molar-refractivity contribution in [1.29, 1.82) is 0 Å². The Morgan fingerprint density at radius 1 is 1.30 bits per heavy atom. The van der Waals surface area contributed by atoms with Crippen molar-refractivity contribution in [3.63, 3.8) is 0 Å². The van der Waals surface area contributed by atoms with Crippen LogP contribution in [0.2, 0.25) is 0 Å². The lowest BCUT2D eigenvalue weighted by Gasteiger charge is -2.05. The van der Waals surface area contributed by atoms with Crippen molar-refractivity contribution >= 4 is 5.78 Å². The largest absolute Gasteiger partial charge is 0.294 e. The van der Waals surface area contributed by atoms with Crippen LogP contribution in [0.15, 0.2) is 24.4 Å². The number of benzene rings is 1. The van der Waals surface area contributed by atoms with Gasteiger partial charge in [0.1, 0.15) is 11.6 Å². The molecule has 0 unspecified atom stereocenters. The van der Waals surface area contributed by atoms with E-state index in [-0.39, 0.29) is 23.6 Å². The standard InChI is InChI=1S/C15H16F2N2O/c1-9(2)19-5-4-11(18-19)7-15(20)12-6-10(3)13(16)8-14(12)17/h4-6,8-9H,7H2,1-3H3. The number of aromatic nitrogens is 2. The van der Waals surface area contributed by atoms with E-state index in [1.165, 1.54) is 13.0 Å². The minimum absolute atomic E-state index is 0.00170. The van der Waals surface area contributed by atoms with Crippen molar-refractivity contribution in [2.24, 2.45) is 0 Å². The fraction of sp³-hybridized carbons (Fsp3) is 0.333. The molecule has 1 heterocycles. The number of rotatable bonds is 4. The molecule has 0 amide bonds. The summed E-state index contributed by atoms with van der Waals surface area (Å²) in [5, 5.41) is 4.24. The van der Waals surface area contributed by atoms with E-state index in [9.17, 15) is 13.6 Å². The molecule has 5 heteroatoms. The second kappa shape index (κ2) is 5.53. The number of nitrogens with zero attached hydrogens (tertiary/aromatic N) is 2. The molecule has 2 aromatic rings. The van der Waals surface area contributed by atoms with Crippen LogP contribution in [-0.2, 0) is 6.42 Å². The van der Waals surface area contributed by atoms with Gasteiger partial charge in [0, 0.05) is 18.3 Å². The van der Waals surface area contributed by atoms with Gasteiger partial charge in [-0.1, -0.05) is 0 Å². The van der Waals surface area contributed by atoms with Gasteiger partial charge in [-0.2, -0.15) is 5.10 Å². The summed E-state index contributed by atoms with van der Waals surface area (Å²) in [7, 11) is 0. The summed E-state index contributed by atoms with van der Waals surface area (Å²) in [4.78, 5) is 12.1. The molecule has 106 valence electrons. The van der Waals surface area contributed by atoms with Crippen LogP contribution in [0.4, 0.5) is 8.78 Å². The molecule has 0 bridgehead atoms. The first kappa shape index (κ1) is 14.4. The third kappa shape index (κ3) is 2.92. The zero-order chi connectivity index (χ0) is 14.9. The summed E-state index contributed by atoms with van der Waals surface area (Å²) < 4.78 is 28.5. The van der Waals surface area contributed by atoms with Gasteiger partial charge < -0.3 is 0 Å². The monoisotopic (exact) mass is 278 g/mol. The number of halogens is 2. The van der Waals surface area contributed by atoms with Crippen LogP contribution >= 0.6 is 0 Å². The minimum atomic E-state index is -0.832. The van der Waals surface area contributed by atoms with Crippen LogP contribution < -0.4 is 0 Å². The molecule has 2 rings (SSSR count). The van der Waals surface area contributed by atoms with Crippen LogP contribution in [-0.4, -0.2) is 15.6 Å². The molecular formula is C15H16F2N2O. The lowest BCUT2D eigenvalue weighted by atomic mass is 10.0. The average molecular weight is 278 g/mol. The Morgan fingerprint density at radius 3 is 2.60 bits per heavy atom. The van der Waals surface area contributed by atoms with E-state index in [1.54, 1.807) is 16.9 Å². The van der Waals surface area contributed by atoms with Crippen molar-refractivity contribution in [3.8, 4) is 0 Å². The number of carbonyl (C=O) groups excluding carboxylic acids is 1. The number of ketones is 1. The molecule has 0 aliphatic carbocycles. The Hall–Kier alpha value is -2.04. The van der Waals surface area contributed by atoms with Crippen LogP contribution in [0.3, 0.4) is 0 Å². The number of hydrogen-bond acceptors (Lipinski definition) is 2. The number of Topliss-reactive ketones (excluding diaryl/α,β-unsaturated/α-hetero) is 1. The van der Waals surface area contributed by atoms with Gasteiger partial charge in [0.15, 0.2) is 5.78 Å². The first-order chi connectivity index (χ1) is 9.38. The predicted octanol–water partition coefficient (Wildman–Crippen LogP) is 3.48. The number of hydrogen-bond donors (Lipinski definition) is 0. The van der Waals surface area contributed by atoms with Gasteiger partial charge >= 0.3 is 0 Å². The fourth-order valence-electron chi connectivity index (χ4n) is 1.89. The highest BCUT2D eigenvalue weighted by Gasteiger charge is 2.16. The summed E-state index contributed by atoms with van der Waals surface area (Å²) in [5.41, 5.74) is 0.732. The normalized spacial score (nSPS) is 11.1. The van der Waals surface area contributed by atoms with Gasteiger partial charge in [-0.3, -0.25) is 9.48 Å². The van der Waals surface area contributed by atoms with E-state index in [1.807, 2.05) is 13.8 Å². The lowest BCUT2D eigenvalue weighted by Crippen LogP contribution is -2.09. The smallest absolute Gasteiger partial charge is 0.171 e. The molecule has 0 spiro atoms. The highest BCUT2D eigenvalue weighted by atomic mass is 19.1. The summed E-state index contributed by atoms with van der Waals surface area (Å²) in [6.07, 6.45) is 1.78. The van der Waals surface area contributed by atoms with Crippen molar-refractivity contribution < 1.29 is 13.6 Å². The molecule has 0 saturated carbocycles. The Labute approximate surface area is 116 Å². The van der Waals surface area contributed by atoms with Crippen LogP contribution in [0.1, 0.15) is 41.5 Å². The second-order valence-corrected chi connectivity index (χ2v) is 5.06. The maximum absolute atomic E-state index is 13.6. The molecule has 3 nitrogen and oxygen atoms in total. The van der Waals surface area contributed by atoms with Crippen molar-refractivity contribution in [2.45, 2.75) is 33.2 Å². The molecule has 0 N–H and O–H groups in total. The average Bonchev–Trinajstić information content (AvgIpc) is 2.82. The summed E-state index contributed by atoms with van der Waals surface area (Å²) >= 11 is 0. The molecule has 0 aliphatic heterocycles. The topological polar surface area (TPSA) is 34.9 Å².